The molecule has 0 aromatic heterocycles. The zero-order valence-electron chi connectivity index (χ0n) is 13.0. The van der Waals surface area contributed by atoms with Gasteiger partial charge in [0, 0.05) is 11.8 Å². The van der Waals surface area contributed by atoms with Crippen molar-refractivity contribution in [3.8, 4) is 5.40 Å². The molecule has 0 amide bonds. The van der Waals surface area contributed by atoms with Gasteiger partial charge in [-0.15, -0.1) is 0 Å². The molecule has 0 radical (unpaired) electrons. The van der Waals surface area contributed by atoms with Crippen LogP contribution in [0.5, 0.6) is 0 Å². The minimum Gasteiger partial charge on any atom is -0.378 e. The highest BCUT2D eigenvalue weighted by atomic mass is 32.2. The third kappa shape index (κ3) is 16.2. The maximum Gasteiger partial charge on any atom is 0.136 e. The number of ether oxygens (including phenoxy) is 3. The van der Waals surface area contributed by atoms with Crippen LogP contribution >= 0.6 is 24.4 Å². The van der Waals surface area contributed by atoms with E-state index in [4.69, 9.17) is 19.5 Å². The number of hydrogen-bond donors (Lipinski definition) is 2. The van der Waals surface area contributed by atoms with Crippen LogP contribution in [0.3, 0.4) is 0 Å². The second-order valence-corrected chi connectivity index (χ2v) is 6.10. The highest BCUT2D eigenvalue weighted by molar-refractivity contribution is 8.04. The third-order valence-electron chi connectivity index (χ3n) is 2.49. The molecule has 0 aromatic carbocycles. The predicted molar refractivity (Wildman–Crippen MR) is 90.8 cm³/mol. The van der Waals surface area contributed by atoms with Crippen molar-refractivity contribution in [2.75, 3.05) is 45.3 Å². The van der Waals surface area contributed by atoms with Gasteiger partial charge < -0.3 is 19.5 Å². The zero-order chi connectivity index (χ0) is 15.8. The molecule has 0 bridgehead atoms. The molecule has 0 aliphatic carbocycles. The normalized spacial score (nSPS) is 12.5. The van der Waals surface area contributed by atoms with E-state index in [0.29, 0.717) is 39.1 Å². The molecule has 1 unspecified atom stereocenters. The molecule has 0 saturated carbocycles. The fourth-order valence-corrected chi connectivity index (χ4v) is 2.21. The number of hydrogen-bond acceptors (Lipinski definition) is 7. The number of nitrogens with zero attached hydrogens (tertiary/aromatic N) is 1. The first-order chi connectivity index (χ1) is 10.2. The number of nitrogens with one attached hydrogen (secondary N) is 1. The highest BCUT2D eigenvalue weighted by Crippen LogP contribution is 2.16. The average Bonchev–Trinajstić information content (AvgIpc) is 2.46. The van der Waals surface area contributed by atoms with Crippen LogP contribution in [-0.4, -0.2) is 56.8 Å². The van der Waals surface area contributed by atoms with Crippen molar-refractivity contribution in [2.45, 2.75) is 38.2 Å². The van der Waals surface area contributed by atoms with E-state index in [9.17, 15) is 0 Å². The van der Waals surface area contributed by atoms with Gasteiger partial charge in [-0.05, 0) is 31.1 Å². The first-order valence-corrected chi connectivity index (χ1v) is 8.88. The Morgan fingerprint density at radius 2 is 1.81 bits per heavy atom. The molecular weight excluding hydrogens is 308 g/mol. The molecule has 0 heterocycles. The summed E-state index contributed by atoms with van der Waals surface area (Å²) in [6.45, 7) is 8.01. The Morgan fingerprint density at radius 3 is 2.43 bits per heavy atom. The summed E-state index contributed by atoms with van der Waals surface area (Å²) in [6.07, 6.45) is 1.86. The summed E-state index contributed by atoms with van der Waals surface area (Å²) in [5.41, 5.74) is -0.0759. The second-order valence-electron chi connectivity index (χ2n) is 4.71. The molecule has 21 heavy (non-hydrogen) atoms. The summed E-state index contributed by atoms with van der Waals surface area (Å²) < 4.78 is 16.3. The summed E-state index contributed by atoms with van der Waals surface area (Å²) in [4.78, 5) is 0. The smallest absolute Gasteiger partial charge is 0.136 e. The Hall–Kier alpha value is 0.0300. The summed E-state index contributed by atoms with van der Waals surface area (Å²) in [5, 5.41) is 14.2. The lowest BCUT2D eigenvalue weighted by atomic mass is 10.3. The first kappa shape index (κ1) is 21.0. The minimum atomic E-state index is -0.0759. The van der Waals surface area contributed by atoms with Crippen molar-refractivity contribution in [1.29, 1.82) is 5.26 Å². The van der Waals surface area contributed by atoms with Gasteiger partial charge in [0.1, 0.15) is 10.8 Å². The van der Waals surface area contributed by atoms with Crippen LogP contribution in [0.15, 0.2) is 0 Å². The average molecular weight is 337 g/mol. The monoisotopic (exact) mass is 336 g/mol. The molecule has 0 spiro atoms. The number of thioether (sulfide) groups is 1. The number of nitriles is 1. The molecule has 5 nitrogen and oxygen atoms in total. The van der Waals surface area contributed by atoms with Crippen molar-refractivity contribution in [2.24, 2.45) is 0 Å². The summed E-state index contributed by atoms with van der Waals surface area (Å²) in [6, 6.07) is 0.492. The van der Waals surface area contributed by atoms with E-state index in [1.165, 1.54) is 11.8 Å². The zero-order valence-corrected chi connectivity index (χ0v) is 14.8. The van der Waals surface area contributed by atoms with E-state index >= 15 is 0 Å². The van der Waals surface area contributed by atoms with E-state index in [1.807, 2.05) is 0 Å². The fourth-order valence-electron chi connectivity index (χ4n) is 1.52. The fraction of sp³-hybridized carbons (Fsp3) is 0.929. The van der Waals surface area contributed by atoms with E-state index in [0.717, 1.165) is 25.1 Å². The summed E-state index contributed by atoms with van der Waals surface area (Å²) in [7, 11) is 0. The van der Waals surface area contributed by atoms with Gasteiger partial charge in [-0.2, -0.15) is 17.9 Å². The molecule has 0 aliphatic rings. The Kier molecular flexibility index (Phi) is 16.4. The van der Waals surface area contributed by atoms with E-state index in [2.05, 4.69) is 37.2 Å². The molecule has 1 atom stereocenters. The molecule has 0 fully saturated rings. The maximum absolute atomic E-state index is 8.77. The Balaban J connectivity index is 3.49. The number of thiol groups is 1. The largest absolute Gasteiger partial charge is 0.378 e. The molecular formula is C14H28N2O3S2. The molecule has 0 rings (SSSR count). The quantitative estimate of drug-likeness (QED) is 0.207. The molecule has 7 heteroatoms. The third-order valence-corrected chi connectivity index (χ3v) is 3.42. The SMILES string of the molecule is CC(C)NCCCC(OCCOCCOCCS)SC#N. The molecule has 0 aromatic rings. The first-order valence-electron chi connectivity index (χ1n) is 7.36. The van der Waals surface area contributed by atoms with Gasteiger partial charge in [0.25, 0.3) is 0 Å². The highest BCUT2D eigenvalue weighted by Gasteiger charge is 2.09. The molecule has 124 valence electrons. The maximum atomic E-state index is 8.77. The van der Waals surface area contributed by atoms with Gasteiger partial charge in [0.05, 0.1) is 33.0 Å². The van der Waals surface area contributed by atoms with E-state index < -0.39 is 0 Å². The van der Waals surface area contributed by atoms with Gasteiger partial charge in [-0.1, -0.05) is 13.8 Å². The van der Waals surface area contributed by atoms with Crippen LogP contribution in [0.4, 0.5) is 0 Å². The lowest BCUT2D eigenvalue weighted by molar-refractivity contribution is 0.0101. The van der Waals surface area contributed by atoms with E-state index in [-0.39, 0.29) is 5.44 Å². The van der Waals surface area contributed by atoms with Crippen LogP contribution in [-0.2, 0) is 14.2 Å². The molecule has 0 aliphatic heterocycles. The van der Waals surface area contributed by atoms with Crippen LogP contribution in [0.25, 0.3) is 0 Å². The van der Waals surface area contributed by atoms with Gasteiger partial charge in [0.15, 0.2) is 0 Å². The van der Waals surface area contributed by atoms with Crippen molar-refractivity contribution < 1.29 is 14.2 Å². The van der Waals surface area contributed by atoms with Crippen LogP contribution < -0.4 is 5.32 Å². The van der Waals surface area contributed by atoms with Gasteiger partial charge >= 0.3 is 0 Å². The van der Waals surface area contributed by atoms with E-state index in [1.54, 1.807) is 0 Å². The molecule has 0 saturated heterocycles. The Bertz CT molecular complexity index is 263. The minimum absolute atomic E-state index is 0.0759. The van der Waals surface area contributed by atoms with Gasteiger partial charge in [-0.25, -0.2) is 0 Å². The van der Waals surface area contributed by atoms with Crippen molar-refractivity contribution in [1.82, 2.24) is 5.32 Å². The topological polar surface area (TPSA) is 63.5 Å². The summed E-state index contributed by atoms with van der Waals surface area (Å²) >= 11 is 5.23. The summed E-state index contributed by atoms with van der Waals surface area (Å²) in [5.74, 6) is 0.724. The van der Waals surface area contributed by atoms with Gasteiger partial charge in [0.2, 0.25) is 0 Å². The van der Waals surface area contributed by atoms with Crippen molar-refractivity contribution in [3.05, 3.63) is 0 Å². The van der Waals surface area contributed by atoms with Crippen LogP contribution in [0.1, 0.15) is 26.7 Å². The van der Waals surface area contributed by atoms with Crippen LogP contribution in [0, 0.1) is 10.7 Å². The van der Waals surface area contributed by atoms with Crippen molar-refractivity contribution >= 4 is 24.4 Å². The number of rotatable bonds is 15. The Morgan fingerprint density at radius 1 is 1.14 bits per heavy atom. The van der Waals surface area contributed by atoms with Crippen LogP contribution in [0.2, 0.25) is 0 Å². The Labute approximate surface area is 138 Å². The predicted octanol–water partition coefficient (Wildman–Crippen LogP) is 2.28. The van der Waals surface area contributed by atoms with Gasteiger partial charge in [-0.3, -0.25) is 0 Å². The lowest BCUT2D eigenvalue weighted by Gasteiger charge is -2.15. The second kappa shape index (κ2) is 16.4. The van der Waals surface area contributed by atoms with Crippen molar-refractivity contribution in [3.63, 3.8) is 0 Å². The lowest BCUT2D eigenvalue weighted by Crippen LogP contribution is -2.24. The standard InChI is InChI=1S/C14H28N2O3S2/c1-13(2)16-5-3-4-14(21-12-15)19-9-8-17-6-7-18-10-11-20/h13-14,16,20H,3-11H2,1-2H3. The molecule has 1 N–H and O–H groups in total. The number of thiocyanates is 1.